The molecule has 1 fully saturated rings. The summed E-state index contributed by atoms with van der Waals surface area (Å²) in [5.41, 5.74) is -0.222. The molecule has 0 bridgehead atoms. The third-order valence-electron chi connectivity index (χ3n) is 3.36. The van der Waals surface area contributed by atoms with Crippen LogP contribution in [0.2, 0.25) is 0 Å². The molecule has 8 heteroatoms. The lowest BCUT2D eigenvalue weighted by molar-refractivity contribution is 0.0272. The highest BCUT2D eigenvalue weighted by Gasteiger charge is 2.30. The van der Waals surface area contributed by atoms with E-state index in [1.807, 2.05) is 6.92 Å². The number of carbonyl (C=O) groups excluding carboxylic acids is 1. The predicted molar refractivity (Wildman–Crippen MR) is 81.4 cm³/mol. The molecular formula is C13H17BrN2O4S. The Hall–Kier alpha value is -0.960. The van der Waals surface area contributed by atoms with E-state index in [0.717, 1.165) is 12.8 Å². The van der Waals surface area contributed by atoms with E-state index in [1.54, 1.807) is 0 Å². The first-order valence-electron chi connectivity index (χ1n) is 6.44. The van der Waals surface area contributed by atoms with Gasteiger partial charge in [0.1, 0.15) is 0 Å². The van der Waals surface area contributed by atoms with E-state index in [9.17, 15) is 13.2 Å². The lowest BCUT2D eigenvalue weighted by Gasteiger charge is -2.34. The highest BCUT2D eigenvalue weighted by molar-refractivity contribution is 9.10. The first kappa shape index (κ1) is 16.4. The molecule has 1 saturated heterocycles. The Balaban J connectivity index is 2.26. The molecule has 0 aromatic heterocycles. The van der Waals surface area contributed by atoms with Gasteiger partial charge in [-0.15, -0.1) is 0 Å². The summed E-state index contributed by atoms with van der Waals surface area (Å²) in [6.07, 6.45) is 1.68. The van der Waals surface area contributed by atoms with Crippen molar-refractivity contribution in [3.8, 4) is 0 Å². The van der Waals surface area contributed by atoms with Gasteiger partial charge >= 0.3 is 0 Å². The highest BCUT2D eigenvalue weighted by atomic mass is 79.9. The van der Waals surface area contributed by atoms with Crippen molar-refractivity contribution < 1.29 is 17.9 Å². The van der Waals surface area contributed by atoms with E-state index >= 15 is 0 Å². The van der Waals surface area contributed by atoms with Crippen molar-refractivity contribution in [1.82, 2.24) is 5.32 Å². The third-order valence-corrected chi connectivity index (χ3v) is 4.97. The van der Waals surface area contributed by atoms with Gasteiger partial charge in [0.15, 0.2) is 0 Å². The lowest BCUT2D eigenvalue weighted by Crippen LogP contribution is -2.51. The van der Waals surface area contributed by atoms with Gasteiger partial charge in [0.2, 0.25) is 10.0 Å². The first-order chi connectivity index (χ1) is 9.71. The molecule has 0 aliphatic carbocycles. The Morgan fingerprint density at radius 2 is 2.19 bits per heavy atom. The van der Waals surface area contributed by atoms with E-state index in [4.69, 9.17) is 9.88 Å². The zero-order valence-electron chi connectivity index (χ0n) is 11.6. The van der Waals surface area contributed by atoms with Crippen molar-refractivity contribution in [2.45, 2.75) is 30.2 Å². The normalized spacial score (nSPS) is 22.8. The van der Waals surface area contributed by atoms with Crippen molar-refractivity contribution in [1.29, 1.82) is 0 Å². The second kappa shape index (κ2) is 6.04. The molecule has 1 unspecified atom stereocenters. The van der Waals surface area contributed by atoms with Gasteiger partial charge in [0.05, 0.1) is 22.6 Å². The number of hydrogen-bond donors (Lipinski definition) is 2. The lowest BCUT2D eigenvalue weighted by atomic mass is 9.94. The predicted octanol–water partition coefficient (Wildman–Crippen LogP) is 1.40. The van der Waals surface area contributed by atoms with Crippen LogP contribution >= 0.6 is 15.9 Å². The van der Waals surface area contributed by atoms with Crippen LogP contribution in [0.15, 0.2) is 27.6 Å². The number of ether oxygens (including phenoxy) is 1. The van der Waals surface area contributed by atoms with Crippen LogP contribution < -0.4 is 10.5 Å². The van der Waals surface area contributed by atoms with E-state index in [2.05, 4.69) is 21.2 Å². The van der Waals surface area contributed by atoms with Crippen molar-refractivity contribution in [3.05, 3.63) is 28.2 Å². The molecule has 0 spiro atoms. The fraction of sp³-hybridized carbons (Fsp3) is 0.462. The second-order valence-electron chi connectivity index (χ2n) is 5.36. The number of primary sulfonamides is 1. The monoisotopic (exact) mass is 376 g/mol. The fourth-order valence-corrected chi connectivity index (χ4v) is 3.20. The molecular weight excluding hydrogens is 360 g/mol. The van der Waals surface area contributed by atoms with Crippen molar-refractivity contribution in [3.63, 3.8) is 0 Å². The van der Waals surface area contributed by atoms with Crippen LogP contribution in [-0.4, -0.2) is 33.1 Å². The molecule has 21 heavy (non-hydrogen) atoms. The number of halogens is 1. The van der Waals surface area contributed by atoms with Crippen LogP contribution in [0.3, 0.4) is 0 Å². The van der Waals surface area contributed by atoms with Crippen LogP contribution in [0.5, 0.6) is 0 Å². The molecule has 1 aromatic rings. The van der Waals surface area contributed by atoms with E-state index in [1.165, 1.54) is 18.2 Å². The SMILES string of the molecule is CC1(NC(=O)c2cc(S(N)(=O)=O)ccc2Br)CCCOC1. The van der Waals surface area contributed by atoms with Gasteiger partial charge < -0.3 is 10.1 Å². The molecule has 116 valence electrons. The summed E-state index contributed by atoms with van der Waals surface area (Å²) in [5, 5.41) is 7.99. The quantitative estimate of drug-likeness (QED) is 0.832. The number of hydrogen-bond acceptors (Lipinski definition) is 4. The number of carbonyl (C=O) groups is 1. The van der Waals surface area contributed by atoms with Gasteiger partial charge in [-0.05, 0) is 53.9 Å². The van der Waals surface area contributed by atoms with Gasteiger partial charge in [-0.2, -0.15) is 0 Å². The zero-order chi connectivity index (χ0) is 15.7. The average Bonchev–Trinajstić information content (AvgIpc) is 2.38. The van der Waals surface area contributed by atoms with E-state index < -0.39 is 15.6 Å². The van der Waals surface area contributed by atoms with Gasteiger partial charge in [-0.3, -0.25) is 4.79 Å². The van der Waals surface area contributed by atoms with Crippen molar-refractivity contribution in [2.75, 3.05) is 13.2 Å². The third kappa shape index (κ3) is 4.03. The largest absolute Gasteiger partial charge is 0.379 e. The van der Waals surface area contributed by atoms with Crippen LogP contribution in [0.4, 0.5) is 0 Å². The standard InChI is InChI=1S/C13H17BrN2O4S/c1-13(5-2-6-20-8-13)16-12(17)10-7-9(21(15,18)19)3-4-11(10)14/h3-4,7H,2,5-6,8H2,1H3,(H,16,17)(H2,15,18,19). The summed E-state index contributed by atoms with van der Waals surface area (Å²) < 4.78 is 28.7. The highest BCUT2D eigenvalue weighted by Crippen LogP contribution is 2.23. The molecule has 1 amide bonds. The number of rotatable bonds is 3. The molecule has 1 aromatic carbocycles. The summed E-state index contributed by atoms with van der Waals surface area (Å²) >= 11 is 3.25. The summed E-state index contributed by atoms with van der Waals surface area (Å²) in [4.78, 5) is 12.3. The molecule has 1 aliphatic heterocycles. The number of nitrogens with two attached hydrogens (primary N) is 1. The number of sulfonamides is 1. The molecule has 2 rings (SSSR count). The van der Waals surface area contributed by atoms with E-state index in [-0.39, 0.29) is 16.4 Å². The minimum absolute atomic E-state index is 0.0964. The minimum atomic E-state index is -3.85. The minimum Gasteiger partial charge on any atom is -0.379 e. The molecule has 0 radical (unpaired) electrons. The molecule has 0 saturated carbocycles. The number of benzene rings is 1. The molecule has 6 nitrogen and oxygen atoms in total. The molecule has 3 N–H and O–H groups in total. The van der Waals surface area contributed by atoms with Gasteiger partial charge in [-0.1, -0.05) is 0 Å². The Kier molecular flexibility index (Phi) is 4.72. The molecule has 1 heterocycles. The molecule has 1 aliphatic rings. The zero-order valence-corrected chi connectivity index (χ0v) is 14.0. The topological polar surface area (TPSA) is 98.5 Å². The Morgan fingerprint density at radius 1 is 1.48 bits per heavy atom. The van der Waals surface area contributed by atoms with Gasteiger partial charge in [-0.25, -0.2) is 13.6 Å². The van der Waals surface area contributed by atoms with Crippen LogP contribution in [0.1, 0.15) is 30.1 Å². The Bertz CT molecular complexity index is 654. The summed E-state index contributed by atoms with van der Waals surface area (Å²) in [6.45, 7) is 3.03. The van der Waals surface area contributed by atoms with Crippen LogP contribution in [0.25, 0.3) is 0 Å². The second-order valence-corrected chi connectivity index (χ2v) is 7.77. The maximum Gasteiger partial charge on any atom is 0.252 e. The summed E-state index contributed by atoms with van der Waals surface area (Å²) in [6, 6.07) is 4.11. The van der Waals surface area contributed by atoms with Crippen molar-refractivity contribution in [2.24, 2.45) is 5.14 Å². The first-order valence-corrected chi connectivity index (χ1v) is 8.78. The Morgan fingerprint density at radius 3 is 2.76 bits per heavy atom. The van der Waals surface area contributed by atoms with E-state index in [0.29, 0.717) is 17.7 Å². The fourth-order valence-electron chi connectivity index (χ4n) is 2.23. The summed E-state index contributed by atoms with van der Waals surface area (Å²) in [7, 11) is -3.85. The smallest absolute Gasteiger partial charge is 0.252 e. The van der Waals surface area contributed by atoms with Crippen molar-refractivity contribution >= 4 is 31.9 Å². The number of amides is 1. The van der Waals surface area contributed by atoms with Crippen LogP contribution in [0, 0.1) is 0 Å². The van der Waals surface area contributed by atoms with Crippen LogP contribution in [-0.2, 0) is 14.8 Å². The maximum atomic E-state index is 12.4. The Labute approximate surface area is 132 Å². The summed E-state index contributed by atoms with van der Waals surface area (Å²) in [5.74, 6) is -0.361. The molecule has 1 atom stereocenters. The average molecular weight is 377 g/mol. The van der Waals surface area contributed by atoms with Gasteiger partial charge in [0, 0.05) is 11.1 Å². The van der Waals surface area contributed by atoms with Gasteiger partial charge in [0.25, 0.3) is 5.91 Å². The number of nitrogens with one attached hydrogen (secondary N) is 1. The maximum absolute atomic E-state index is 12.4.